The molecule has 1 rings (SSSR count). The Morgan fingerprint density at radius 3 is 2.67 bits per heavy atom. The summed E-state index contributed by atoms with van der Waals surface area (Å²) in [7, 11) is 0. The van der Waals surface area contributed by atoms with Crippen LogP contribution in [0.4, 0.5) is 0 Å². The number of hydrogen-bond acceptors (Lipinski definition) is 3. The lowest BCUT2D eigenvalue weighted by Gasteiger charge is -1.62. The fraction of sp³-hybridized carbons (Fsp3) is 0. The second-order valence-corrected chi connectivity index (χ2v) is 2.12. The van der Waals surface area contributed by atoms with Gasteiger partial charge in [0.05, 0.1) is 0 Å². The van der Waals surface area contributed by atoms with E-state index in [0.717, 1.165) is 0 Å². The maximum atomic E-state index is 2.89. The van der Waals surface area contributed by atoms with Gasteiger partial charge in [0, 0.05) is 11.9 Å². The summed E-state index contributed by atoms with van der Waals surface area (Å²) >= 11 is 3.03. The highest BCUT2D eigenvalue weighted by molar-refractivity contribution is 8.17. The number of rotatable bonds is 0. The van der Waals surface area contributed by atoms with Crippen molar-refractivity contribution in [2.24, 2.45) is 0 Å². The molecule has 0 saturated heterocycles. The minimum Gasteiger partial charge on any atom is -1.00 e. The van der Waals surface area contributed by atoms with E-state index in [1.54, 1.807) is 11.9 Å². The molecule has 1 aliphatic rings. The molecule has 1 heterocycles. The molecule has 0 aromatic rings. The van der Waals surface area contributed by atoms with E-state index < -0.39 is 0 Å². The standard InChI is InChI=1S/C2H2NS2.ClH/c1-2-5-3-4-1;/h1,3H;1H/q+1;/p-1. The van der Waals surface area contributed by atoms with Crippen LogP contribution in [0.3, 0.4) is 0 Å². The second-order valence-electron chi connectivity index (χ2n) is 0.539. The van der Waals surface area contributed by atoms with Gasteiger partial charge >= 0.3 is 5.41 Å². The van der Waals surface area contributed by atoms with E-state index in [9.17, 15) is 0 Å². The summed E-state index contributed by atoms with van der Waals surface area (Å²) in [5, 5.41) is 4.75. The molecule has 1 nitrogen and oxygen atoms in total. The Balaban J connectivity index is 0.000000250. The molecule has 0 fully saturated rings. The van der Waals surface area contributed by atoms with E-state index in [2.05, 4.69) is 9.54 Å². The van der Waals surface area contributed by atoms with E-state index in [-0.39, 0.29) is 12.4 Å². The average molecular weight is 140 g/mol. The summed E-state index contributed by atoms with van der Waals surface area (Å²) in [5.74, 6) is 0. The largest absolute Gasteiger partial charge is 1.00 e. The molecular weight excluding hydrogens is 138 g/mol. The Labute approximate surface area is 51.6 Å². The zero-order chi connectivity index (χ0) is 3.54. The summed E-state index contributed by atoms with van der Waals surface area (Å²) in [6, 6.07) is 0. The third-order valence-electron chi connectivity index (χ3n) is 0.256. The third kappa shape index (κ3) is 1.90. The first kappa shape index (κ1) is 6.60. The molecule has 0 bridgehead atoms. The van der Waals surface area contributed by atoms with E-state index in [1.807, 2.05) is 5.41 Å². The van der Waals surface area contributed by atoms with Gasteiger partial charge in [0.2, 0.25) is 5.41 Å². The molecule has 0 aliphatic carbocycles. The molecular formula is C2H2ClNS2. The van der Waals surface area contributed by atoms with Gasteiger partial charge in [-0.1, -0.05) is 0 Å². The smallest absolute Gasteiger partial charge is 0.335 e. The van der Waals surface area contributed by atoms with E-state index in [0.29, 0.717) is 0 Å². The van der Waals surface area contributed by atoms with Gasteiger partial charge in [0.1, 0.15) is 0 Å². The number of nitrogens with one attached hydrogen (secondary N) is 1. The first-order chi connectivity index (χ1) is 2.50. The van der Waals surface area contributed by atoms with Crippen LogP contribution in [0.1, 0.15) is 0 Å². The van der Waals surface area contributed by atoms with E-state index >= 15 is 0 Å². The minimum atomic E-state index is 0. The fourth-order valence-electron chi connectivity index (χ4n) is 0.120. The average Bonchev–Trinajstić information content (AvgIpc) is 1.76. The molecule has 1 aliphatic heterocycles. The Hall–Kier alpha value is 0.600. The molecule has 0 atom stereocenters. The van der Waals surface area contributed by atoms with Crippen LogP contribution in [-0.4, -0.2) is 0 Å². The van der Waals surface area contributed by atoms with Crippen LogP contribution in [0, 0.1) is 5.41 Å². The zero-order valence-electron chi connectivity index (χ0n) is 2.77. The summed E-state index contributed by atoms with van der Waals surface area (Å²) in [6.07, 6.45) is 0. The van der Waals surface area contributed by atoms with Crippen LogP contribution in [0.5, 0.6) is 0 Å². The van der Waals surface area contributed by atoms with Gasteiger partial charge < -0.3 is 12.4 Å². The maximum Gasteiger partial charge on any atom is 0.335 e. The quantitative estimate of drug-likeness (QED) is 0.313. The minimum absolute atomic E-state index is 0. The van der Waals surface area contributed by atoms with Crippen LogP contribution in [-0.2, 0) is 0 Å². The summed E-state index contributed by atoms with van der Waals surface area (Å²) in [4.78, 5) is 0. The Morgan fingerprint density at radius 2 is 2.50 bits per heavy atom. The molecule has 0 spiro atoms. The molecule has 0 aromatic carbocycles. The molecule has 0 unspecified atom stereocenters. The van der Waals surface area contributed by atoms with Gasteiger partial charge in [-0.3, -0.25) is 0 Å². The Morgan fingerprint density at radius 1 is 1.67 bits per heavy atom. The lowest BCUT2D eigenvalue weighted by molar-refractivity contribution is -0.000000977. The maximum absolute atomic E-state index is 2.89. The molecule has 0 aromatic heterocycles. The van der Waals surface area contributed by atoms with Crippen molar-refractivity contribution < 1.29 is 12.4 Å². The summed E-state index contributed by atoms with van der Waals surface area (Å²) in [5.41, 5.74) is 0. The van der Waals surface area contributed by atoms with Crippen LogP contribution < -0.4 is 16.5 Å². The molecule has 1 N–H and O–H groups in total. The Bertz CT molecular complexity index is 49.5. The van der Waals surface area contributed by atoms with Crippen molar-refractivity contribution >= 4 is 23.9 Å². The van der Waals surface area contributed by atoms with Crippen molar-refractivity contribution in [2.45, 2.75) is 0 Å². The fourth-order valence-corrected chi connectivity index (χ4v) is 1.08. The van der Waals surface area contributed by atoms with Gasteiger partial charge in [-0.25, -0.2) is 0 Å². The highest BCUT2D eigenvalue weighted by Crippen LogP contribution is 2.13. The molecule has 0 radical (unpaired) electrons. The highest BCUT2D eigenvalue weighted by atomic mass is 35.5. The van der Waals surface area contributed by atoms with Crippen LogP contribution in [0.2, 0.25) is 0 Å². The van der Waals surface area contributed by atoms with Crippen LogP contribution >= 0.6 is 23.9 Å². The van der Waals surface area contributed by atoms with Gasteiger partial charge in [-0.15, -0.1) is 4.13 Å². The van der Waals surface area contributed by atoms with Crippen LogP contribution in [0.15, 0.2) is 5.41 Å². The van der Waals surface area contributed by atoms with Gasteiger partial charge in [-0.2, -0.15) is 0 Å². The molecule has 0 amide bonds. The van der Waals surface area contributed by atoms with Crippen molar-refractivity contribution in [3.8, 4) is 0 Å². The lowest BCUT2D eigenvalue weighted by atomic mass is 11.3. The van der Waals surface area contributed by atoms with E-state index in [1.165, 1.54) is 11.9 Å². The lowest BCUT2D eigenvalue weighted by Crippen LogP contribution is -3.00. The second kappa shape index (κ2) is 3.78. The van der Waals surface area contributed by atoms with Crippen molar-refractivity contribution in [3.05, 3.63) is 10.8 Å². The van der Waals surface area contributed by atoms with Gasteiger partial charge in [0.15, 0.2) is 0 Å². The van der Waals surface area contributed by atoms with Crippen molar-refractivity contribution in [2.75, 3.05) is 0 Å². The summed E-state index contributed by atoms with van der Waals surface area (Å²) in [6.45, 7) is 0. The summed E-state index contributed by atoms with van der Waals surface area (Å²) < 4.78 is 2.89. The van der Waals surface area contributed by atoms with Crippen molar-refractivity contribution in [1.29, 1.82) is 0 Å². The predicted octanol–water partition coefficient (Wildman–Crippen LogP) is -1.84. The normalized spacial score (nSPS) is 16.0. The first-order valence-electron chi connectivity index (χ1n) is 1.14. The number of halogens is 1. The van der Waals surface area contributed by atoms with E-state index in [4.69, 9.17) is 0 Å². The molecule has 34 valence electrons. The highest BCUT2D eigenvalue weighted by Gasteiger charge is 2.04. The zero-order valence-corrected chi connectivity index (χ0v) is 5.16. The number of hydrogen-bond donors (Lipinski definition) is 1. The van der Waals surface area contributed by atoms with Gasteiger partial charge in [-0.05, 0) is 0 Å². The van der Waals surface area contributed by atoms with Crippen LogP contribution in [0.25, 0.3) is 0 Å². The first-order valence-corrected chi connectivity index (χ1v) is 2.83. The Kier molecular flexibility index (Phi) is 4.16. The SMILES string of the molecule is [C+]1=CSNS1.[Cl-]. The van der Waals surface area contributed by atoms with Crippen molar-refractivity contribution in [3.63, 3.8) is 0 Å². The van der Waals surface area contributed by atoms with Gasteiger partial charge in [0.25, 0.3) is 11.9 Å². The molecule has 0 saturated carbocycles. The molecule has 6 heavy (non-hydrogen) atoms. The topological polar surface area (TPSA) is 12.0 Å². The predicted molar refractivity (Wildman–Crippen MR) is 26.1 cm³/mol. The van der Waals surface area contributed by atoms with Crippen molar-refractivity contribution in [1.82, 2.24) is 4.13 Å². The molecule has 4 heteroatoms. The monoisotopic (exact) mass is 139 g/mol. The third-order valence-corrected chi connectivity index (χ3v) is 1.59.